The van der Waals surface area contributed by atoms with E-state index in [0.717, 1.165) is 6.26 Å². The molecule has 1 rings (SSSR count). The predicted octanol–water partition coefficient (Wildman–Crippen LogP) is 0.656. The standard InChI is InChI=1S/C11H15FN2O3S/c1-7(18(2,16)17)11(15)14-9-3-4-10(12)8(5-9)6-13/h3-5,7H,6,13H2,1-2H3,(H,14,15). The fourth-order valence-corrected chi connectivity index (χ4v) is 1.70. The second-order valence-corrected chi connectivity index (χ2v) is 6.34. The average molecular weight is 274 g/mol. The van der Waals surface area contributed by atoms with Crippen LogP contribution in [0, 0.1) is 5.82 Å². The van der Waals surface area contributed by atoms with Gasteiger partial charge in [0.2, 0.25) is 5.91 Å². The number of nitrogens with two attached hydrogens (primary N) is 1. The maximum Gasteiger partial charge on any atom is 0.242 e. The molecule has 18 heavy (non-hydrogen) atoms. The summed E-state index contributed by atoms with van der Waals surface area (Å²) >= 11 is 0. The Bertz CT molecular complexity index is 557. The van der Waals surface area contributed by atoms with E-state index in [0.29, 0.717) is 5.69 Å². The van der Waals surface area contributed by atoms with E-state index in [2.05, 4.69) is 5.32 Å². The topological polar surface area (TPSA) is 89.3 Å². The number of sulfone groups is 1. The van der Waals surface area contributed by atoms with E-state index in [1.165, 1.54) is 25.1 Å². The molecular weight excluding hydrogens is 259 g/mol. The summed E-state index contributed by atoms with van der Waals surface area (Å²) in [6.45, 7) is 1.29. The molecule has 0 bridgehead atoms. The van der Waals surface area contributed by atoms with E-state index >= 15 is 0 Å². The van der Waals surface area contributed by atoms with E-state index < -0.39 is 26.8 Å². The molecule has 3 N–H and O–H groups in total. The van der Waals surface area contributed by atoms with Crippen molar-refractivity contribution in [3.05, 3.63) is 29.6 Å². The summed E-state index contributed by atoms with van der Waals surface area (Å²) in [5.74, 6) is -1.13. The van der Waals surface area contributed by atoms with E-state index in [1.807, 2.05) is 0 Å². The molecule has 0 aliphatic carbocycles. The lowest BCUT2D eigenvalue weighted by atomic mass is 10.2. The Morgan fingerprint density at radius 2 is 2.11 bits per heavy atom. The van der Waals surface area contributed by atoms with Gasteiger partial charge in [-0.05, 0) is 25.1 Å². The highest BCUT2D eigenvalue weighted by atomic mass is 32.2. The van der Waals surface area contributed by atoms with Gasteiger partial charge in [-0.1, -0.05) is 0 Å². The van der Waals surface area contributed by atoms with Gasteiger partial charge in [-0.25, -0.2) is 12.8 Å². The van der Waals surface area contributed by atoms with Gasteiger partial charge in [0.25, 0.3) is 0 Å². The number of amides is 1. The monoisotopic (exact) mass is 274 g/mol. The quantitative estimate of drug-likeness (QED) is 0.844. The number of halogens is 1. The smallest absolute Gasteiger partial charge is 0.242 e. The van der Waals surface area contributed by atoms with Gasteiger partial charge >= 0.3 is 0 Å². The molecule has 5 nitrogen and oxygen atoms in total. The summed E-state index contributed by atoms with van der Waals surface area (Å²) in [4.78, 5) is 11.6. The van der Waals surface area contributed by atoms with Crippen molar-refractivity contribution in [2.24, 2.45) is 5.73 Å². The number of hydrogen-bond donors (Lipinski definition) is 2. The van der Waals surface area contributed by atoms with Crippen LogP contribution in [0.4, 0.5) is 10.1 Å². The Kier molecular flexibility index (Phi) is 4.42. The summed E-state index contributed by atoms with van der Waals surface area (Å²) in [5, 5.41) is 1.25. The lowest BCUT2D eigenvalue weighted by Gasteiger charge is -2.11. The van der Waals surface area contributed by atoms with Crippen LogP contribution >= 0.6 is 0 Å². The Labute approximate surface area is 105 Å². The zero-order chi connectivity index (χ0) is 13.9. The molecule has 0 heterocycles. The molecule has 7 heteroatoms. The first-order chi connectivity index (χ1) is 8.25. The van der Waals surface area contributed by atoms with Crippen LogP contribution < -0.4 is 11.1 Å². The molecule has 1 amide bonds. The largest absolute Gasteiger partial charge is 0.326 e. The number of nitrogens with one attached hydrogen (secondary N) is 1. The first-order valence-corrected chi connectivity index (χ1v) is 7.19. The Balaban J connectivity index is 2.89. The number of carbonyl (C=O) groups excluding carboxylic acids is 1. The SMILES string of the molecule is CC(C(=O)Nc1ccc(F)c(CN)c1)S(C)(=O)=O. The molecule has 1 unspecified atom stereocenters. The van der Waals surface area contributed by atoms with Gasteiger partial charge in [0.1, 0.15) is 11.1 Å². The lowest BCUT2D eigenvalue weighted by molar-refractivity contribution is -0.115. The van der Waals surface area contributed by atoms with Crippen molar-refractivity contribution in [3.8, 4) is 0 Å². The third-order valence-corrected chi connectivity index (χ3v) is 4.04. The van der Waals surface area contributed by atoms with Gasteiger partial charge in [-0.3, -0.25) is 4.79 Å². The minimum Gasteiger partial charge on any atom is -0.326 e. The number of hydrogen-bond acceptors (Lipinski definition) is 4. The fraction of sp³-hybridized carbons (Fsp3) is 0.364. The highest BCUT2D eigenvalue weighted by molar-refractivity contribution is 7.92. The van der Waals surface area contributed by atoms with E-state index in [-0.39, 0.29) is 12.1 Å². The van der Waals surface area contributed by atoms with Crippen LogP contribution in [0.15, 0.2) is 18.2 Å². The first-order valence-electron chi connectivity index (χ1n) is 5.24. The summed E-state index contributed by atoms with van der Waals surface area (Å²) in [7, 11) is -3.46. The maximum absolute atomic E-state index is 13.2. The molecule has 1 atom stereocenters. The van der Waals surface area contributed by atoms with Crippen LogP contribution in [-0.2, 0) is 21.2 Å². The van der Waals surface area contributed by atoms with Crippen molar-refractivity contribution < 1.29 is 17.6 Å². The molecule has 0 aliphatic heterocycles. The molecule has 0 fully saturated rings. The van der Waals surface area contributed by atoms with Crippen molar-refractivity contribution in [1.82, 2.24) is 0 Å². The number of carbonyl (C=O) groups is 1. The Morgan fingerprint density at radius 3 is 2.61 bits per heavy atom. The third kappa shape index (κ3) is 3.51. The molecule has 0 radical (unpaired) electrons. The Hall–Kier alpha value is -1.47. The minimum atomic E-state index is -3.46. The molecule has 1 aromatic rings. The minimum absolute atomic E-state index is 0.00280. The second kappa shape index (κ2) is 5.45. The zero-order valence-electron chi connectivity index (χ0n) is 10.1. The van der Waals surface area contributed by atoms with Crippen molar-refractivity contribution in [2.75, 3.05) is 11.6 Å². The van der Waals surface area contributed by atoms with Gasteiger partial charge in [0, 0.05) is 24.1 Å². The zero-order valence-corrected chi connectivity index (χ0v) is 10.9. The average Bonchev–Trinajstić information content (AvgIpc) is 2.29. The van der Waals surface area contributed by atoms with Gasteiger partial charge < -0.3 is 11.1 Å². The van der Waals surface area contributed by atoms with Gasteiger partial charge in [-0.2, -0.15) is 0 Å². The number of rotatable bonds is 4. The first kappa shape index (κ1) is 14.6. The van der Waals surface area contributed by atoms with Crippen LogP contribution in [0.1, 0.15) is 12.5 Å². The Morgan fingerprint density at radius 1 is 1.50 bits per heavy atom. The van der Waals surface area contributed by atoms with Crippen LogP contribution in [0.5, 0.6) is 0 Å². The molecule has 0 aliphatic rings. The third-order valence-electron chi connectivity index (χ3n) is 2.54. The molecular formula is C11H15FN2O3S. The molecule has 100 valence electrons. The summed E-state index contributed by atoms with van der Waals surface area (Å²) in [6, 6.07) is 3.90. The van der Waals surface area contributed by atoms with Crippen LogP contribution in [0.2, 0.25) is 0 Å². The highest BCUT2D eigenvalue weighted by Crippen LogP contribution is 2.15. The lowest BCUT2D eigenvalue weighted by Crippen LogP contribution is -2.31. The highest BCUT2D eigenvalue weighted by Gasteiger charge is 2.23. The molecule has 0 saturated carbocycles. The van der Waals surface area contributed by atoms with E-state index in [1.54, 1.807) is 0 Å². The van der Waals surface area contributed by atoms with Crippen LogP contribution in [0.3, 0.4) is 0 Å². The molecule has 1 aromatic carbocycles. The van der Waals surface area contributed by atoms with Crippen LogP contribution in [-0.4, -0.2) is 25.8 Å². The summed E-state index contributed by atoms with van der Waals surface area (Å²) < 4.78 is 35.6. The van der Waals surface area contributed by atoms with Crippen molar-refractivity contribution in [1.29, 1.82) is 0 Å². The van der Waals surface area contributed by atoms with Crippen LogP contribution in [0.25, 0.3) is 0 Å². The second-order valence-electron chi connectivity index (χ2n) is 3.97. The summed E-state index contributed by atoms with van der Waals surface area (Å²) in [6.07, 6.45) is 0.979. The van der Waals surface area contributed by atoms with Crippen molar-refractivity contribution in [2.45, 2.75) is 18.7 Å². The molecule has 0 spiro atoms. The van der Waals surface area contributed by atoms with Gasteiger partial charge in [-0.15, -0.1) is 0 Å². The maximum atomic E-state index is 13.2. The van der Waals surface area contributed by atoms with Crippen molar-refractivity contribution >= 4 is 21.4 Å². The van der Waals surface area contributed by atoms with Gasteiger partial charge in [0.05, 0.1) is 0 Å². The molecule has 0 saturated heterocycles. The van der Waals surface area contributed by atoms with E-state index in [4.69, 9.17) is 5.73 Å². The number of benzene rings is 1. The summed E-state index contributed by atoms with van der Waals surface area (Å²) in [5.41, 5.74) is 5.90. The fourth-order valence-electron chi connectivity index (χ4n) is 1.25. The predicted molar refractivity (Wildman–Crippen MR) is 67.2 cm³/mol. The van der Waals surface area contributed by atoms with E-state index in [9.17, 15) is 17.6 Å². The molecule has 0 aromatic heterocycles. The van der Waals surface area contributed by atoms with Gasteiger partial charge in [0.15, 0.2) is 9.84 Å². The van der Waals surface area contributed by atoms with Crippen molar-refractivity contribution in [3.63, 3.8) is 0 Å². The number of anilines is 1. The normalized spacial score (nSPS) is 13.1.